The van der Waals surface area contributed by atoms with Crippen molar-refractivity contribution in [3.63, 3.8) is 0 Å². The first-order valence-corrected chi connectivity index (χ1v) is 10.6. The van der Waals surface area contributed by atoms with Crippen molar-refractivity contribution in [2.24, 2.45) is 10.8 Å². The number of nitrogens with zero attached hydrogens (tertiary/aromatic N) is 1. The lowest BCUT2D eigenvalue weighted by Gasteiger charge is -2.39. The molecule has 6 heteroatoms. The van der Waals surface area contributed by atoms with E-state index in [-0.39, 0.29) is 22.5 Å². The Labute approximate surface area is 150 Å². The number of fused-ring (bicyclic) bond motifs is 2. The van der Waals surface area contributed by atoms with Gasteiger partial charge in [-0.3, -0.25) is 9.52 Å². The summed E-state index contributed by atoms with van der Waals surface area (Å²) in [5.74, 6) is 0.0775. The van der Waals surface area contributed by atoms with Crippen molar-refractivity contribution in [1.29, 1.82) is 0 Å². The second kappa shape index (κ2) is 6.01. The molecule has 138 valence electrons. The molecule has 5 nitrogen and oxygen atoms in total. The summed E-state index contributed by atoms with van der Waals surface area (Å²) in [6.45, 7) is 9.27. The van der Waals surface area contributed by atoms with Gasteiger partial charge >= 0.3 is 0 Å². The highest BCUT2D eigenvalue weighted by Gasteiger charge is 2.50. The number of sulfonamides is 1. The predicted octanol–water partition coefficient (Wildman–Crippen LogP) is 3.49. The highest BCUT2D eigenvalue weighted by atomic mass is 32.2. The van der Waals surface area contributed by atoms with Gasteiger partial charge in [0, 0.05) is 23.8 Å². The molecule has 25 heavy (non-hydrogen) atoms. The van der Waals surface area contributed by atoms with Crippen LogP contribution in [0, 0.1) is 10.8 Å². The Balaban J connectivity index is 1.76. The van der Waals surface area contributed by atoms with Gasteiger partial charge < -0.3 is 4.90 Å². The second-order valence-electron chi connectivity index (χ2n) is 8.73. The van der Waals surface area contributed by atoms with E-state index in [1.165, 1.54) is 0 Å². The SMILES string of the molecule is CCS(=O)(=O)Nc1ccc(C(=O)N2CC3(C)CC2CC(C)(C)C3)cc1. The Hall–Kier alpha value is -1.56. The van der Waals surface area contributed by atoms with Crippen molar-refractivity contribution in [1.82, 2.24) is 4.90 Å². The molecular formula is C19H28N2O3S. The van der Waals surface area contributed by atoms with Gasteiger partial charge in [0.15, 0.2) is 0 Å². The maximum atomic E-state index is 13.0. The molecule has 1 aromatic rings. The van der Waals surface area contributed by atoms with Crippen LogP contribution in [0.3, 0.4) is 0 Å². The number of carbonyl (C=O) groups is 1. The highest BCUT2D eigenvalue weighted by Crippen LogP contribution is 2.52. The van der Waals surface area contributed by atoms with E-state index in [9.17, 15) is 13.2 Å². The Morgan fingerprint density at radius 2 is 1.84 bits per heavy atom. The van der Waals surface area contributed by atoms with Crippen molar-refractivity contribution in [2.45, 2.75) is 53.0 Å². The lowest BCUT2D eigenvalue weighted by atomic mass is 9.65. The fourth-order valence-electron chi connectivity index (χ4n) is 4.80. The molecule has 2 unspecified atom stereocenters. The van der Waals surface area contributed by atoms with Crippen molar-refractivity contribution >= 4 is 21.6 Å². The first kappa shape index (κ1) is 18.2. The average Bonchev–Trinajstić information content (AvgIpc) is 2.76. The molecule has 1 N–H and O–H groups in total. The third-order valence-corrected chi connectivity index (χ3v) is 6.77. The van der Waals surface area contributed by atoms with E-state index in [0.29, 0.717) is 17.3 Å². The fraction of sp³-hybridized carbons (Fsp3) is 0.632. The molecule has 1 saturated heterocycles. The number of carbonyl (C=O) groups excluding carboxylic acids is 1. The Morgan fingerprint density at radius 1 is 1.20 bits per heavy atom. The van der Waals surface area contributed by atoms with Crippen LogP contribution in [0.5, 0.6) is 0 Å². The number of amides is 1. The molecule has 1 aromatic carbocycles. The van der Waals surface area contributed by atoms with Crippen LogP contribution in [-0.4, -0.2) is 37.6 Å². The third kappa shape index (κ3) is 3.84. The summed E-state index contributed by atoms with van der Waals surface area (Å²) in [6, 6.07) is 7.05. The fourth-order valence-corrected chi connectivity index (χ4v) is 5.44. The summed E-state index contributed by atoms with van der Waals surface area (Å²) in [4.78, 5) is 15.0. The number of hydrogen-bond donors (Lipinski definition) is 1. The van der Waals surface area contributed by atoms with E-state index in [2.05, 4.69) is 25.5 Å². The summed E-state index contributed by atoms with van der Waals surface area (Å²) >= 11 is 0. The van der Waals surface area contributed by atoms with Gasteiger partial charge in [0.05, 0.1) is 5.75 Å². The number of likely N-dealkylation sites (tertiary alicyclic amines) is 1. The van der Waals surface area contributed by atoms with E-state index in [0.717, 1.165) is 25.8 Å². The molecule has 1 amide bonds. The first-order chi connectivity index (χ1) is 11.5. The van der Waals surface area contributed by atoms with E-state index < -0.39 is 10.0 Å². The molecule has 3 rings (SSSR count). The molecule has 0 aromatic heterocycles. The lowest BCUT2D eigenvalue weighted by Crippen LogP contribution is -2.37. The van der Waals surface area contributed by atoms with Crippen LogP contribution in [0.2, 0.25) is 0 Å². The van der Waals surface area contributed by atoms with Crippen molar-refractivity contribution in [3.8, 4) is 0 Å². The zero-order chi connectivity index (χ0) is 18.5. The van der Waals surface area contributed by atoms with Gasteiger partial charge in [0.25, 0.3) is 5.91 Å². The molecule has 1 heterocycles. The molecule has 0 spiro atoms. The van der Waals surface area contributed by atoms with Gasteiger partial charge in [-0.2, -0.15) is 0 Å². The molecule has 1 saturated carbocycles. The lowest BCUT2D eigenvalue weighted by molar-refractivity contribution is 0.0708. The Kier molecular flexibility index (Phi) is 4.38. The number of nitrogens with one attached hydrogen (secondary N) is 1. The first-order valence-electron chi connectivity index (χ1n) is 8.94. The van der Waals surface area contributed by atoms with Crippen LogP contribution in [-0.2, 0) is 10.0 Å². The van der Waals surface area contributed by atoms with Gasteiger partial charge in [-0.1, -0.05) is 20.8 Å². The van der Waals surface area contributed by atoms with Gasteiger partial charge in [0.2, 0.25) is 10.0 Å². The zero-order valence-corrected chi connectivity index (χ0v) is 16.3. The summed E-state index contributed by atoms with van der Waals surface area (Å²) in [5.41, 5.74) is 1.59. The molecule has 2 fully saturated rings. The van der Waals surface area contributed by atoms with Crippen LogP contribution >= 0.6 is 0 Å². The zero-order valence-electron chi connectivity index (χ0n) is 15.5. The van der Waals surface area contributed by atoms with E-state index in [4.69, 9.17) is 0 Å². The van der Waals surface area contributed by atoms with E-state index in [1.807, 2.05) is 4.90 Å². The van der Waals surface area contributed by atoms with Crippen molar-refractivity contribution in [2.75, 3.05) is 17.0 Å². The minimum atomic E-state index is -3.30. The molecule has 2 atom stereocenters. The topological polar surface area (TPSA) is 66.5 Å². The smallest absolute Gasteiger partial charge is 0.254 e. The van der Waals surface area contributed by atoms with Crippen molar-refractivity contribution < 1.29 is 13.2 Å². The third-order valence-electron chi connectivity index (χ3n) is 5.46. The molecule has 2 aliphatic rings. The number of benzene rings is 1. The standard InChI is InChI=1S/C19H28N2O3S/c1-5-25(23,24)20-15-8-6-14(7-9-15)17(22)21-13-19(4)11-16(21)10-18(2,3)12-19/h6-9,16,20H,5,10-13H2,1-4H3. The van der Waals surface area contributed by atoms with E-state index in [1.54, 1.807) is 31.2 Å². The van der Waals surface area contributed by atoms with Crippen LogP contribution < -0.4 is 4.72 Å². The Bertz CT molecular complexity index is 770. The van der Waals surface area contributed by atoms with Crippen LogP contribution in [0.15, 0.2) is 24.3 Å². The van der Waals surface area contributed by atoms with Gasteiger partial charge in [-0.15, -0.1) is 0 Å². The molecule has 2 bridgehead atoms. The number of rotatable bonds is 4. The van der Waals surface area contributed by atoms with Crippen LogP contribution in [0.1, 0.15) is 57.3 Å². The monoisotopic (exact) mass is 364 g/mol. The average molecular weight is 365 g/mol. The van der Waals surface area contributed by atoms with Crippen LogP contribution in [0.4, 0.5) is 5.69 Å². The molecular weight excluding hydrogens is 336 g/mol. The summed E-state index contributed by atoms with van der Waals surface area (Å²) in [7, 11) is -3.30. The normalized spacial score (nSPS) is 28.0. The maximum absolute atomic E-state index is 13.0. The summed E-state index contributed by atoms with van der Waals surface area (Å²) in [6.07, 6.45) is 3.28. The molecule has 0 radical (unpaired) electrons. The number of anilines is 1. The quantitative estimate of drug-likeness (QED) is 0.889. The molecule has 1 aliphatic heterocycles. The highest BCUT2D eigenvalue weighted by molar-refractivity contribution is 7.92. The van der Waals surface area contributed by atoms with Crippen molar-refractivity contribution in [3.05, 3.63) is 29.8 Å². The maximum Gasteiger partial charge on any atom is 0.254 e. The van der Waals surface area contributed by atoms with Crippen LogP contribution in [0.25, 0.3) is 0 Å². The van der Waals surface area contributed by atoms with E-state index >= 15 is 0 Å². The molecule has 1 aliphatic carbocycles. The second-order valence-corrected chi connectivity index (χ2v) is 10.7. The predicted molar refractivity (Wildman–Crippen MR) is 100 cm³/mol. The minimum absolute atomic E-state index is 0.0253. The number of hydrogen-bond acceptors (Lipinski definition) is 3. The summed E-state index contributed by atoms with van der Waals surface area (Å²) in [5, 5.41) is 0. The summed E-state index contributed by atoms with van der Waals surface area (Å²) < 4.78 is 25.8. The minimum Gasteiger partial charge on any atom is -0.335 e. The Morgan fingerprint density at radius 3 is 2.44 bits per heavy atom. The van der Waals surface area contributed by atoms with Gasteiger partial charge in [0.1, 0.15) is 0 Å². The largest absolute Gasteiger partial charge is 0.335 e. The van der Waals surface area contributed by atoms with Gasteiger partial charge in [-0.05, 0) is 61.3 Å². The van der Waals surface area contributed by atoms with Gasteiger partial charge in [-0.25, -0.2) is 8.42 Å².